The summed E-state index contributed by atoms with van der Waals surface area (Å²) in [7, 11) is -2.47. The standard InChI is InChI=1S/C16H33BSi2.2CH3.Sn/c1-10-15(13-18(4,5)6)16(14-19(7,8)9)17(11-2)12-3;;;/h10-12H2,1-9H3;2*1H3;. The molecule has 126 valence electrons. The van der Waals surface area contributed by atoms with Crippen molar-refractivity contribution in [2.45, 2.75) is 89.0 Å². The van der Waals surface area contributed by atoms with Gasteiger partial charge in [0.1, 0.15) is 0 Å². The molecule has 0 fully saturated rings. The van der Waals surface area contributed by atoms with Crippen molar-refractivity contribution in [1.29, 1.82) is 0 Å². The summed E-state index contributed by atoms with van der Waals surface area (Å²) in [6, 6.07) is 0. The van der Waals surface area contributed by atoms with E-state index < -0.39 is 34.5 Å². The first-order valence-corrected chi connectivity index (χ1v) is 24.9. The zero-order valence-electron chi connectivity index (χ0n) is 17.2. The fourth-order valence-electron chi connectivity index (χ4n) is 5.37. The average Bonchev–Trinajstić information content (AvgIpc) is 2.57. The summed E-state index contributed by atoms with van der Waals surface area (Å²) in [5.41, 5.74) is 3.77. The summed E-state index contributed by atoms with van der Waals surface area (Å²) in [5.74, 6) is 0. The molecule has 0 saturated carbocycles. The Bertz CT molecular complexity index is 486. The molecule has 1 rings (SSSR count). The van der Waals surface area contributed by atoms with Crippen molar-refractivity contribution in [3.63, 3.8) is 0 Å². The molecule has 0 amide bonds. The maximum absolute atomic E-state index is 2.75. The molecular weight excluding hydrogens is 402 g/mol. The van der Waals surface area contributed by atoms with Gasteiger partial charge in [0.15, 0.2) is 0 Å². The Kier molecular flexibility index (Phi) is 6.58. The van der Waals surface area contributed by atoms with Gasteiger partial charge in [0.25, 0.3) is 0 Å². The first kappa shape index (κ1) is 20.8. The Morgan fingerprint density at radius 3 is 1.45 bits per heavy atom. The van der Waals surface area contributed by atoms with Gasteiger partial charge < -0.3 is 0 Å². The summed E-state index contributed by atoms with van der Waals surface area (Å²) < 4.78 is 4.16. The zero-order valence-corrected chi connectivity index (χ0v) is 22.1. The van der Waals surface area contributed by atoms with Crippen LogP contribution in [0, 0.1) is 0 Å². The normalized spacial score (nSPS) is 19.2. The summed E-state index contributed by atoms with van der Waals surface area (Å²) >= 11 is -2.32. The Labute approximate surface area is 147 Å². The predicted molar refractivity (Wildman–Crippen MR) is 115 cm³/mol. The van der Waals surface area contributed by atoms with Crippen molar-refractivity contribution < 1.29 is 0 Å². The van der Waals surface area contributed by atoms with Crippen LogP contribution in [0.5, 0.6) is 0 Å². The minimum atomic E-state index is -2.32. The van der Waals surface area contributed by atoms with E-state index >= 15 is 0 Å². The van der Waals surface area contributed by atoms with E-state index in [-0.39, 0.29) is 0 Å². The van der Waals surface area contributed by atoms with E-state index in [1.807, 2.05) is 11.0 Å². The molecule has 22 heavy (non-hydrogen) atoms. The van der Waals surface area contributed by atoms with Gasteiger partial charge in [0.2, 0.25) is 0 Å². The molecule has 0 unspecified atom stereocenters. The molecule has 0 nitrogen and oxygen atoms in total. The van der Waals surface area contributed by atoms with E-state index in [1.54, 1.807) is 0 Å². The van der Waals surface area contributed by atoms with Crippen molar-refractivity contribution in [2.24, 2.45) is 0 Å². The molecule has 0 N–H and O–H groups in total. The van der Waals surface area contributed by atoms with Crippen LogP contribution in [0.3, 0.4) is 0 Å². The molecule has 1 aliphatic heterocycles. The Morgan fingerprint density at radius 2 is 1.18 bits per heavy atom. The van der Waals surface area contributed by atoms with E-state index in [0.717, 1.165) is 6.71 Å². The van der Waals surface area contributed by atoms with Crippen LogP contribution in [0.15, 0.2) is 17.5 Å². The van der Waals surface area contributed by atoms with Crippen LogP contribution in [0.1, 0.15) is 27.2 Å². The molecule has 0 spiro atoms. The van der Waals surface area contributed by atoms with Gasteiger partial charge in [-0.1, -0.05) is 0 Å². The molecule has 0 aromatic carbocycles. The van der Waals surface area contributed by atoms with Gasteiger partial charge in [0, 0.05) is 0 Å². The number of hydrogen-bond donors (Lipinski definition) is 0. The molecule has 0 atom stereocenters. The number of rotatable bonds is 6. The molecule has 0 saturated heterocycles. The summed E-state index contributed by atoms with van der Waals surface area (Å²) in [6.07, 6.45) is 3.92. The van der Waals surface area contributed by atoms with Gasteiger partial charge in [-0.15, -0.1) is 0 Å². The van der Waals surface area contributed by atoms with Crippen LogP contribution in [-0.2, 0) is 0 Å². The van der Waals surface area contributed by atoms with Crippen molar-refractivity contribution >= 4 is 41.2 Å². The first-order chi connectivity index (χ1) is 9.83. The Morgan fingerprint density at radius 1 is 0.773 bits per heavy atom. The third-order valence-corrected chi connectivity index (χ3v) is 39.0. The van der Waals surface area contributed by atoms with E-state index in [4.69, 9.17) is 0 Å². The number of allylic oxidation sites excluding steroid dienone is 2. The molecule has 0 radical (unpaired) electrons. The van der Waals surface area contributed by atoms with Crippen LogP contribution in [0.25, 0.3) is 0 Å². The van der Waals surface area contributed by atoms with Gasteiger partial charge >= 0.3 is 148 Å². The van der Waals surface area contributed by atoms with E-state index in [0.29, 0.717) is 0 Å². The van der Waals surface area contributed by atoms with Crippen LogP contribution >= 0.6 is 0 Å². The van der Waals surface area contributed by atoms with E-state index in [9.17, 15) is 0 Å². The molecular formula is C18H39BSi2Sn. The van der Waals surface area contributed by atoms with Gasteiger partial charge in [-0.25, -0.2) is 0 Å². The monoisotopic (exact) mass is 442 g/mol. The topological polar surface area (TPSA) is 0 Å². The van der Waals surface area contributed by atoms with E-state index in [1.165, 1.54) is 19.1 Å². The van der Waals surface area contributed by atoms with Crippen molar-refractivity contribution in [2.75, 3.05) is 0 Å². The van der Waals surface area contributed by atoms with Gasteiger partial charge in [-0.2, -0.15) is 0 Å². The van der Waals surface area contributed by atoms with Crippen molar-refractivity contribution in [3.05, 3.63) is 17.5 Å². The molecule has 0 bridgehead atoms. The van der Waals surface area contributed by atoms with Crippen LogP contribution < -0.4 is 0 Å². The van der Waals surface area contributed by atoms with Gasteiger partial charge in [0.05, 0.1) is 0 Å². The maximum atomic E-state index is 2.75. The fraction of sp³-hybridized carbons (Fsp3) is 0.778. The van der Waals surface area contributed by atoms with Crippen molar-refractivity contribution in [3.8, 4) is 0 Å². The SMILES string of the molecule is CCB(CC)C1=[C]([Si](C)(C)C)[Sn]([CH3])([CH3])[C]([Si](C)(C)C)=C1CC. The third-order valence-electron chi connectivity index (χ3n) is 5.39. The van der Waals surface area contributed by atoms with Crippen LogP contribution in [-0.4, -0.2) is 41.2 Å². The second-order valence-electron chi connectivity index (χ2n) is 9.63. The van der Waals surface area contributed by atoms with Crippen molar-refractivity contribution in [1.82, 2.24) is 0 Å². The molecule has 0 aliphatic carbocycles. The third kappa shape index (κ3) is 3.71. The average molecular weight is 441 g/mol. The minimum absolute atomic E-state index is 0.821. The first-order valence-electron chi connectivity index (χ1n) is 9.33. The quantitative estimate of drug-likeness (QED) is 0.407. The van der Waals surface area contributed by atoms with E-state index in [2.05, 4.69) is 76.4 Å². The second-order valence-corrected chi connectivity index (χ2v) is 34.6. The Hall–Kier alpha value is 0.777. The zero-order chi connectivity index (χ0) is 17.5. The summed E-state index contributed by atoms with van der Waals surface area (Å²) in [6.45, 7) is 23.7. The molecule has 0 aromatic heterocycles. The van der Waals surface area contributed by atoms with Crippen LogP contribution in [0.2, 0.25) is 61.8 Å². The Balaban J connectivity index is 3.79. The summed E-state index contributed by atoms with van der Waals surface area (Å²) in [4.78, 5) is 5.50. The molecule has 1 heterocycles. The molecule has 4 heteroatoms. The molecule has 0 aromatic rings. The van der Waals surface area contributed by atoms with Gasteiger partial charge in [-0.3, -0.25) is 0 Å². The predicted octanol–water partition coefficient (Wildman–Crippen LogP) is 6.62. The summed E-state index contributed by atoms with van der Waals surface area (Å²) in [5, 5.41) is 0. The number of hydrogen-bond acceptors (Lipinski definition) is 0. The fourth-order valence-corrected chi connectivity index (χ4v) is 52.8. The van der Waals surface area contributed by atoms with Gasteiger partial charge in [-0.05, 0) is 0 Å². The second kappa shape index (κ2) is 6.95. The molecule has 1 aliphatic rings. The van der Waals surface area contributed by atoms with Crippen LogP contribution in [0.4, 0.5) is 0 Å².